The van der Waals surface area contributed by atoms with Crippen molar-refractivity contribution in [3.05, 3.63) is 54.1 Å². The molecule has 0 fully saturated rings. The summed E-state index contributed by atoms with van der Waals surface area (Å²) in [4.78, 5) is 11.1. The second kappa shape index (κ2) is 6.70. The molecule has 1 N–H and O–H groups in total. The first kappa shape index (κ1) is 16.2. The number of halogens is 4. The van der Waals surface area contributed by atoms with Crippen LogP contribution in [-0.4, -0.2) is 11.8 Å². The molecule has 0 aliphatic carbocycles. The topological polar surface area (TPSA) is 38.3 Å². The highest BCUT2D eigenvalue weighted by Gasteiger charge is 2.30. The lowest BCUT2D eigenvalue weighted by Gasteiger charge is -2.10. The third-order valence-electron chi connectivity index (χ3n) is 2.66. The number of hydrogen-bond acceptors (Lipinski definition) is 2. The van der Waals surface area contributed by atoms with Crippen molar-refractivity contribution < 1.29 is 22.7 Å². The van der Waals surface area contributed by atoms with Gasteiger partial charge in [-0.1, -0.05) is 6.07 Å². The predicted octanol–water partition coefficient (Wildman–Crippen LogP) is 4.68. The molecule has 1 amide bonds. The van der Waals surface area contributed by atoms with Gasteiger partial charge < -0.3 is 10.1 Å². The van der Waals surface area contributed by atoms with Gasteiger partial charge in [-0.15, -0.1) is 11.6 Å². The second-order valence-corrected chi connectivity index (χ2v) is 4.60. The van der Waals surface area contributed by atoms with E-state index < -0.39 is 11.7 Å². The van der Waals surface area contributed by atoms with Gasteiger partial charge in [0, 0.05) is 5.69 Å². The van der Waals surface area contributed by atoms with Crippen molar-refractivity contribution >= 4 is 23.2 Å². The molecule has 0 unspecified atom stereocenters. The number of amides is 1. The van der Waals surface area contributed by atoms with E-state index in [1.807, 2.05) is 0 Å². The van der Waals surface area contributed by atoms with E-state index in [0.717, 1.165) is 12.1 Å². The number of carbonyl (C=O) groups excluding carboxylic acids is 1. The molecule has 0 aromatic heterocycles. The molecule has 22 heavy (non-hydrogen) atoms. The number of carbonyl (C=O) groups is 1. The van der Waals surface area contributed by atoms with Crippen molar-refractivity contribution in [2.24, 2.45) is 0 Å². The lowest BCUT2D eigenvalue weighted by molar-refractivity contribution is -0.137. The fraction of sp³-hybridized carbons (Fsp3) is 0.133. The Balaban J connectivity index is 2.09. The van der Waals surface area contributed by atoms with E-state index in [1.165, 1.54) is 24.3 Å². The van der Waals surface area contributed by atoms with Crippen LogP contribution in [0, 0.1) is 0 Å². The lowest BCUT2D eigenvalue weighted by Crippen LogP contribution is -2.12. The molecule has 3 nitrogen and oxygen atoms in total. The molecule has 2 rings (SSSR count). The zero-order valence-corrected chi connectivity index (χ0v) is 11.9. The van der Waals surface area contributed by atoms with Crippen LogP contribution in [0.3, 0.4) is 0 Å². The highest BCUT2D eigenvalue weighted by Crippen LogP contribution is 2.32. The first-order valence-electron chi connectivity index (χ1n) is 6.19. The van der Waals surface area contributed by atoms with Gasteiger partial charge in [-0.3, -0.25) is 4.79 Å². The van der Waals surface area contributed by atoms with Gasteiger partial charge in [0.25, 0.3) is 0 Å². The van der Waals surface area contributed by atoms with Crippen molar-refractivity contribution in [2.75, 3.05) is 11.2 Å². The molecule has 0 saturated carbocycles. The number of hydrogen-bond donors (Lipinski definition) is 1. The van der Waals surface area contributed by atoms with Crippen LogP contribution in [0.1, 0.15) is 5.56 Å². The molecule has 116 valence electrons. The largest absolute Gasteiger partial charge is 0.457 e. The van der Waals surface area contributed by atoms with Crippen LogP contribution in [0.5, 0.6) is 11.5 Å². The van der Waals surface area contributed by atoms with Gasteiger partial charge in [-0.25, -0.2) is 0 Å². The van der Waals surface area contributed by atoms with Crippen molar-refractivity contribution in [3.63, 3.8) is 0 Å². The Labute approximate surface area is 129 Å². The molecule has 7 heteroatoms. The Kier molecular flexibility index (Phi) is 4.92. The van der Waals surface area contributed by atoms with Gasteiger partial charge in [0.2, 0.25) is 5.91 Å². The maximum Gasteiger partial charge on any atom is 0.416 e. The summed E-state index contributed by atoms with van der Waals surface area (Å²) in [6, 6.07) is 10.8. The van der Waals surface area contributed by atoms with Crippen LogP contribution in [0.15, 0.2) is 48.5 Å². The zero-order valence-electron chi connectivity index (χ0n) is 11.2. The maximum atomic E-state index is 12.6. The highest BCUT2D eigenvalue weighted by molar-refractivity contribution is 6.29. The third kappa shape index (κ3) is 4.39. The minimum Gasteiger partial charge on any atom is -0.457 e. The number of benzene rings is 2. The van der Waals surface area contributed by atoms with E-state index in [-0.39, 0.29) is 17.5 Å². The first-order valence-corrected chi connectivity index (χ1v) is 6.73. The highest BCUT2D eigenvalue weighted by atomic mass is 35.5. The fourth-order valence-corrected chi connectivity index (χ4v) is 1.74. The molecule has 0 aliphatic rings. The molecule has 0 heterocycles. The minimum absolute atomic E-state index is 0.0763. The molecule has 0 atom stereocenters. The molecule has 0 spiro atoms. The van der Waals surface area contributed by atoms with Gasteiger partial charge in [-0.2, -0.15) is 13.2 Å². The quantitative estimate of drug-likeness (QED) is 0.827. The molecular weight excluding hydrogens is 319 g/mol. The summed E-state index contributed by atoms with van der Waals surface area (Å²) in [6.07, 6.45) is -4.42. The van der Waals surface area contributed by atoms with Crippen molar-refractivity contribution in [3.8, 4) is 11.5 Å². The molecule has 0 bridgehead atoms. The van der Waals surface area contributed by atoms with E-state index in [1.54, 1.807) is 12.1 Å². The van der Waals surface area contributed by atoms with Crippen LogP contribution in [0.2, 0.25) is 0 Å². The van der Waals surface area contributed by atoms with Gasteiger partial charge in [0.15, 0.2) is 0 Å². The van der Waals surface area contributed by atoms with Gasteiger partial charge in [0.1, 0.15) is 17.4 Å². The van der Waals surface area contributed by atoms with Crippen molar-refractivity contribution in [1.82, 2.24) is 0 Å². The second-order valence-electron chi connectivity index (χ2n) is 4.33. The molecule has 0 radical (unpaired) electrons. The van der Waals surface area contributed by atoms with Gasteiger partial charge >= 0.3 is 6.18 Å². The van der Waals surface area contributed by atoms with Crippen molar-refractivity contribution in [2.45, 2.75) is 6.18 Å². The number of nitrogens with one attached hydrogen (secondary N) is 1. The summed E-state index contributed by atoms with van der Waals surface area (Å²) in [6.45, 7) is 0. The van der Waals surface area contributed by atoms with Crippen LogP contribution in [-0.2, 0) is 11.0 Å². The third-order valence-corrected chi connectivity index (χ3v) is 2.90. The Bertz CT molecular complexity index is 657. The average Bonchev–Trinajstić information content (AvgIpc) is 2.48. The minimum atomic E-state index is -4.42. The first-order chi connectivity index (χ1) is 10.4. The summed E-state index contributed by atoms with van der Waals surface area (Å²) in [5.74, 6) is -0.0913. The lowest BCUT2D eigenvalue weighted by atomic mass is 10.2. The monoisotopic (exact) mass is 329 g/mol. The molecular formula is C15H11ClF3NO2. The SMILES string of the molecule is O=C(CCl)Nc1ccc(Oc2cccc(C(F)(F)F)c2)cc1. The number of alkyl halides is 4. The number of ether oxygens (including phenoxy) is 1. The summed E-state index contributed by atoms with van der Waals surface area (Å²) in [5.41, 5.74) is -0.266. The molecule has 0 saturated heterocycles. The van der Waals surface area contributed by atoms with Crippen LogP contribution in [0.25, 0.3) is 0 Å². The van der Waals surface area contributed by atoms with Crippen LogP contribution in [0.4, 0.5) is 18.9 Å². The smallest absolute Gasteiger partial charge is 0.416 e. The summed E-state index contributed by atoms with van der Waals surface area (Å²) in [5, 5.41) is 2.54. The zero-order chi connectivity index (χ0) is 16.2. The Morgan fingerprint density at radius 2 is 1.77 bits per heavy atom. The Hall–Kier alpha value is -2.21. The van der Waals surface area contributed by atoms with Crippen LogP contribution >= 0.6 is 11.6 Å². The maximum absolute atomic E-state index is 12.6. The van der Waals surface area contributed by atoms with E-state index >= 15 is 0 Å². The fourth-order valence-electron chi connectivity index (χ4n) is 1.67. The molecule has 2 aromatic carbocycles. The van der Waals surface area contributed by atoms with E-state index in [2.05, 4.69) is 5.32 Å². The Morgan fingerprint density at radius 1 is 1.09 bits per heavy atom. The average molecular weight is 330 g/mol. The standard InChI is InChI=1S/C15H11ClF3NO2/c16-9-14(21)20-11-4-6-12(7-5-11)22-13-3-1-2-10(8-13)15(17,18)19/h1-8H,9H2,(H,20,21). The van der Waals surface area contributed by atoms with E-state index in [0.29, 0.717) is 11.4 Å². The molecule has 0 aliphatic heterocycles. The van der Waals surface area contributed by atoms with Crippen LogP contribution < -0.4 is 10.1 Å². The normalized spacial score (nSPS) is 11.1. The van der Waals surface area contributed by atoms with E-state index in [9.17, 15) is 18.0 Å². The molecule has 2 aromatic rings. The predicted molar refractivity (Wildman–Crippen MR) is 77.3 cm³/mol. The van der Waals surface area contributed by atoms with E-state index in [4.69, 9.17) is 16.3 Å². The number of anilines is 1. The van der Waals surface area contributed by atoms with Gasteiger partial charge in [-0.05, 0) is 42.5 Å². The number of rotatable bonds is 4. The summed E-state index contributed by atoms with van der Waals surface area (Å²) >= 11 is 5.36. The Morgan fingerprint density at radius 3 is 2.36 bits per heavy atom. The van der Waals surface area contributed by atoms with Crippen molar-refractivity contribution in [1.29, 1.82) is 0 Å². The summed E-state index contributed by atoms with van der Waals surface area (Å²) in [7, 11) is 0. The van der Waals surface area contributed by atoms with Gasteiger partial charge in [0.05, 0.1) is 5.56 Å². The summed E-state index contributed by atoms with van der Waals surface area (Å²) < 4.78 is 43.2.